The highest BCUT2D eigenvalue weighted by Gasteiger charge is 2.19. The molecule has 182 valence electrons. The molecule has 1 fully saturated rings. The summed E-state index contributed by atoms with van der Waals surface area (Å²) in [6, 6.07) is 10.7. The number of nitrogens with zero attached hydrogens (tertiary/aromatic N) is 5. The van der Waals surface area contributed by atoms with E-state index in [0.29, 0.717) is 0 Å². The minimum atomic E-state index is 0.866. The molecule has 1 aliphatic rings. The number of nitrogens with one attached hydrogen (secondary N) is 3. The molecule has 1 aliphatic heterocycles. The van der Waals surface area contributed by atoms with Crippen molar-refractivity contribution in [1.82, 2.24) is 30.0 Å². The van der Waals surface area contributed by atoms with Crippen molar-refractivity contribution in [2.45, 2.75) is 13.3 Å². The maximum absolute atomic E-state index is 4.68. The third kappa shape index (κ3) is 4.09. The number of rotatable bonds is 6. The lowest BCUT2D eigenvalue weighted by Gasteiger charge is -2.34. The molecular formula is C28H30N8. The molecule has 0 radical (unpaired) electrons. The first-order chi connectivity index (χ1) is 17.6. The van der Waals surface area contributed by atoms with Crippen molar-refractivity contribution in [3.63, 3.8) is 0 Å². The van der Waals surface area contributed by atoms with Crippen LogP contribution in [0, 0.1) is 0 Å². The minimum Gasteiger partial charge on any atom is -0.367 e. The van der Waals surface area contributed by atoms with Gasteiger partial charge in [-0.3, -0.25) is 15.1 Å². The van der Waals surface area contributed by atoms with Crippen LogP contribution in [-0.2, 0) is 0 Å². The summed E-state index contributed by atoms with van der Waals surface area (Å²) in [5.74, 6) is 0. The second-order valence-electron chi connectivity index (χ2n) is 9.47. The summed E-state index contributed by atoms with van der Waals surface area (Å²) in [5, 5.41) is 13.4. The Labute approximate surface area is 210 Å². The summed E-state index contributed by atoms with van der Waals surface area (Å²) in [7, 11) is 2.17. The molecule has 0 saturated carbocycles. The Morgan fingerprint density at radius 1 is 0.944 bits per heavy atom. The Bertz CT molecular complexity index is 1550. The molecule has 3 N–H and O–H groups in total. The molecule has 0 atom stereocenters. The molecule has 1 aromatic carbocycles. The SMILES string of the molecule is C=C(CC)Nc1cncc(-c2ccc3[nH]nc(-c4cc5c(N6CCN(C)CC6)cncc5[nH]4)c3c2)c1. The molecule has 1 saturated heterocycles. The number of aromatic nitrogens is 5. The fraction of sp³-hybridized carbons (Fsp3) is 0.250. The maximum atomic E-state index is 4.68. The predicted octanol–water partition coefficient (Wildman–Crippen LogP) is 5.26. The van der Waals surface area contributed by atoms with E-state index in [1.165, 1.54) is 11.1 Å². The predicted molar refractivity (Wildman–Crippen MR) is 147 cm³/mol. The lowest BCUT2D eigenvalue weighted by atomic mass is 10.0. The third-order valence-electron chi connectivity index (χ3n) is 7.01. The number of allylic oxidation sites excluding steroid dienone is 1. The molecule has 0 unspecified atom stereocenters. The van der Waals surface area contributed by atoms with Gasteiger partial charge in [-0.25, -0.2) is 0 Å². The van der Waals surface area contributed by atoms with Crippen LogP contribution in [-0.4, -0.2) is 63.3 Å². The van der Waals surface area contributed by atoms with E-state index in [-0.39, 0.29) is 0 Å². The van der Waals surface area contributed by atoms with Crippen LogP contribution in [0.1, 0.15) is 13.3 Å². The summed E-state index contributed by atoms with van der Waals surface area (Å²) >= 11 is 0. The Kier molecular flexibility index (Phi) is 5.65. The van der Waals surface area contributed by atoms with Crippen molar-refractivity contribution in [3.8, 4) is 22.5 Å². The zero-order chi connectivity index (χ0) is 24.6. The van der Waals surface area contributed by atoms with Gasteiger partial charge in [0.15, 0.2) is 0 Å². The van der Waals surface area contributed by atoms with Crippen LogP contribution in [0.4, 0.5) is 11.4 Å². The molecule has 0 amide bonds. The number of fused-ring (bicyclic) bond motifs is 2. The number of piperazine rings is 1. The van der Waals surface area contributed by atoms with E-state index in [2.05, 4.69) is 91.1 Å². The molecule has 6 rings (SSSR count). The van der Waals surface area contributed by atoms with Gasteiger partial charge in [0.1, 0.15) is 5.69 Å². The quantitative estimate of drug-likeness (QED) is 0.309. The van der Waals surface area contributed by atoms with E-state index in [1.54, 1.807) is 0 Å². The average Bonchev–Trinajstić information content (AvgIpc) is 3.53. The summed E-state index contributed by atoms with van der Waals surface area (Å²) in [6.45, 7) is 10.2. The Hall–Kier alpha value is -4.17. The van der Waals surface area contributed by atoms with Crippen molar-refractivity contribution >= 4 is 33.2 Å². The van der Waals surface area contributed by atoms with Gasteiger partial charge in [0.05, 0.1) is 46.7 Å². The van der Waals surface area contributed by atoms with Gasteiger partial charge in [-0.15, -0.1) is 0 Å². The van der Waals surface area contributed by atoms with Gasteiger partial charge in [0, 0.05) is 54.4 Å². The Morgan fingerprint density at radius 2 is 1.78 bits per heavy atom. The van der Waals surface area contributed by atoms with Gasteiger partial charge in [0.25, 0.3) is 0 Å². The highest BCUT2D eigenvalue weighted by atomic mass is 15.3. The molecule has 4 aromatic heterocycles. The monoisotopic (exact) mass is 478 g/mol. The molecule has 8 heteroatoms. The van der Waals surface area contributed by atoms with Crippen molar-refractivity contribution < 1.29 is 0 Å². The summed E-state index contributed by atoms with van der Waals surface area (Å²) < 4.78 is 0. The average molecular weight is 479 g/mol. The number of pyridine rings is 2. The highest BCUT2D eigenvalue weighted by Crippen LogP contribution is 2.35. The summed E-state index contributed by atoms with van der Waals surface area (Å²) in [5.41, 5.74) is 9.08. The van der Waals surface area contributed by atoms with E-state index < -0.39 is 0 Å². The van der Waals surface area contributed by atoms with E-state index in [9.17, 15) is 0 Å². The summed E-state index contributed by atoms with van der Waals surface area (Å²) in [6.07, 6.45) is 8.45. The van der Waals surface area contributed by atoms with E-state index in [1.807, 2.05) is 24.8 Å². The standard InChI is InChI=1S/C28H30N8/c1-4-18(2)31-21-11-20(14-29-15-21)19-5-6-24-23(12-19)28(34-33-24)25-13-22-26(32-25)16-30-17-27(22)36-9-7-35(3)8-10-36/h5-6,11-17,31-32H,2,4,7-10H2,1,3H3,(H,33,34). The zero-order valence-electron chi connectivity index (χ0n) is 20.7. The van der Waals surface area contributed by atoms with E-state index in [4.69, 9.17) is 0 Å². The minimum absolute atomic E-state index is 0.866. The zero-order valence-corrected chi connectivity index (χ0v) is 20.7. The number of likely N-dealkylation sites (N-methyl/N-ethyl adjacent to an activating group) is 1. The van der Waals surface area contributed by atoms with Crippen LogP contribution < -0.4 is 10.2 Å². The lowest BCUT2D eigenvalue weighted by molar-refractivity contribution is 0.313. The number of H-pyrrole nitrogens is 2. The van der Waals surface area contributed by atoms with E-state index >= 15 is 0 Å². The molecule has 5 heterocycles. The topological polar surface area (TPSA) is 88.8 Å². The first-order valence-corrected chi connectivity index (χ1v) is 12.4. The first-order valence-electron chi connectivity index (χ1n) is 12.4. The Balaban J connectivity index is 1.38. The lowest BCUT2D eigenvalue weighted by Crippen LogP contribution is -2.44. The molecule has 5 aromatic rings. The van der Waals surface area contributed by atoms with Crippen LogP contribution in [0.25, 0.3) is 44.3 Å². The fourth-order valence-corrected chi connectivity index (χ4v) is 4.82. The van der Waals surface area contributed by atoms with Gasteiger partial charge in [-0.1, -0.05) is 19.6 Å². The molecule has 8 nitrogen and oxygen atoms in total. The maximum Gasteiger partial charge on any atom is 0.116 e. The van der Waals surface area contributed by atoms with Crippen LogP contribution in [0.5, 0.6) is 0 Å². The molecule has 36 heavy (non-hydrogen) atoms. The van der Waals surface area contributed by atoms with Crippen LogP contribution >= 0.6 is 0 Å². The van der Waals surface area contributed by atoms with Crippen LogP contribution in [0.2, 0.25) is 0 Å². The smallest absolute Gasteiger partial charge is 0.116 e. The second-order valence-corrected chi connectivity index (χ2v) is 9.47. The normalized spacial score (nSPS) is 14.6. The molecular weight excluding hydrogens is 448 g/mol. The van der Waals surface area contributed by atoms with Gasteiger partial charge in [-0.05, 0) is 43.3 Å². The fourth-order valence-electron chi connectivity index (χ4n) is 4.82. The number of hydrogen-bond acceptors (Lipinski definition) is 6. The van der Waals surface area contributed by atoms with Crippen molar-refractivity contribution in [3.05, 3.63) is 67.4 Å². The Morgan fingerprint density at radius 3 is 2.61 bits per heavy atom. The van der Waals surface area contributed by atoms with Gasteiger partial charge in [0.2, 0.25) is 0 Å². The van der Waals surface area contributed by atoms with Gasteiger partial charge in [-0.2, -0.15) is 5.10 Å². The number of aromatic amines is 2. The third-order valence-corrected chi connectivity index (χ3v) is 7.01. The van der Waals surface area contributed by atoms with Crippen molar-refractivity contribution in [2.24, 2.45) is 0 Å². The molecule has 0 aliphatic carbocycles. The van der Waals surface area contributed by atoms with Crippen molar-refractivity contribution in [2.75, 3.05) is 43.4 Å². The van der Waals surface area contributed by atoms with Crippen molar-refractivity contribution in [1.29, 1.82) is 0 Å². The van der Waals surface area contributed by atoms with Crippen LogP contribution in [0.3, 0.4) is 0 Å². The number of anilines is 2. The summed E-state index contributed by atoms with van der Waals surface area (Å²) in [4.78, 5) is 17.3. The molecule has 0 bridgehead atoms. The van der Waals surface area contributed by atoms with Crippen LogP contribution in [0.15, 0.2) is 67.4 Å². The highest BCUT2D eigenvalue weighted by molar-refractivity contribution is 6.00. The first kappa shape index (κ1) is 22.3. The second kappa shape index (κ2) is 9.13. The van der Waals surface area contributed by atoms with E-state index in [0.717, 1.165) is 82.9 Å². The number of benzene rings is 1. The molecule has 0 spiro atoms. The van der Waals surface area contributed by atoms with Gasteiger partial charge < -0.3 is 20.1 Å². The largest absolute Gasteiger partial charge is 0.367 e. The van der Waals surface area contributed by atoms with Gasteiger partial charge >= 0.3 is 0 Å². The number of hydrogen-bond donors (Lipinski definition) is 3.